The molecule has 1 atom stereocenters. The zero-order chi connectivity index (χ0) is 24.8. The number of methoxy groups -OCH3 is 1. The maximum absolute atomic E-state index is 13.2. The third kappa shape index (κ3) is 5.21. The quantitative estimate of drug-likeness (QED) is 0.202. The van der Waals surface area contributed by atoms with Crippen LogP contribution in [0.3, 0.4) is 0 Å². The monoisotopic (exact) mass is 476 g/mol. The topological polar surface area (TPSA) is 95.7 Å². The molecule has 2 aromatic carbocycles. The number of benzene rings is 2. The number of H-pyrrole nitrogens is 1. The highest BCUT2D eigenvalue weighted by atomic mass is 16.5. The average molecular weight is 477 g/mol. The number of amides is 1. The number of aryl methyl sites for hydroxylation is 1. The summed E-state index contributed by atoms with van der Waals surface area (Å²) in [6.07, 6.45) is 7.06. The van der Waals surface area contributed by atoms with Crippen LogP contribution in [-0.2, 0) is 16.1 Å². The van der Waals surface area contributed by atoms with E-state index >= 15 is 0 Å². The fraction of sp³-hybridized carbons (Fsp3) is 0.296. The van der Waals surface area contributed by atoms with Crippen molar-refractivity contribution in [3.8, 4) is 11.5 Å². The van der Waals surface area contributed by atoms with E-state index in [0.717, 1.165) is 6.42 Å². The molecule has 1 aromatic heterocycles. The molecule has 1 saturated heterocycles. The van der Waals surface area contributed by atoms with Crippen LogP contribution in [0.2, 0.25) is 0 Å². The van der Waals surface area contributed by atoms with Gasteiger partial charge in [-0.25, -0.2) is 4.57 Å². The first-order valence-corrected chi connectivity index (χ1v) is 11.7. The van der Waals surface area contributed by atoms with Gasteiger partial charge in [-0.3, -0.25) is 14.6 Å². The number of aromatic nitrogens is 2. The molecule has 1 amide bonds. The van der Waals surface area contributed by atoms with E-state index in [9.17, 15) is 14.7 Å². The highest BCUT2D eigenvalue weighted by molar-refractivity contribution is 6.46. The van der Waals surface area contributed by atoms with E-state index in [4.69, 9.17) is 9.47 Å². The number of hydrogen-bond acceptors (Lipinski definition) is 5. The van der Waals surface area contributed by atoms with Crippen LogP contribution < -0.4 is 14.0 Å². The number of carbonyl (C=O) groups excluding carboxylic acids is 2. The number of ketones is 1. The molecule has 2 heterocycles. The van der Waals surface area contributed by atoms with Gasteiger partial charge in [0.25, 0.3) is 11.7 Å². The van der Waals surface area contributed by atoms with Gasteiger partial charge < -0.3 is 19.5 Å². The van der Waals surface area contributed by atoms with Gasteiger partial charge in [0.15, 0.2) is 0 Å². The van der Waals surface area contributed by atoms with Gasteiger partial charge in [0.05, 0.1) is 31.9 Å². The van der Waals surface area contributed by atoms with Crippen molar-refractivity contribution in [1.82, 2.24) is 9.88 Å². The molecule has 4 rings (SSSR count). The van der Waals surface area contributed by atoms with Gasteiger partial charge in [0, 0.05) is 18.5 Å². The lowest BCUT2D eigenvalue weighted by molar-refractivity contribution is -0.695. The predicted molar refractivity (Wildman–Crippen MR) is 130 cm³/mol. The minimum atomic E-state index is -0.724. The second kappa shape index (κ2) is 10.9. The minimum Gasteiger partial charge on any atom is -0.507 e. The Hall–Kier alpha value is -4.07. The maximum atomic E-state index is 13.2. The van der Waals surface area contributed by atoms with Crippen LogP contribution >= 0.6 is 0 Å². The highest BCUT2D eigenvalue weighted by Crippen LogP contribution is 2.40. The second-order valence-electron chi connectivity index (χ2n) is 8.34. The van der Waals surface area contributed by atoms with E-state index in [1.165, 1.54) is 0 Å². The van der Waals surface area contributed by atoms with Crippen molar-refractivity contribution in [1.29, 1.82) is 0 Å². The summed E-state index contributed by atoms with van der Waals surface area (Å²) in [4.78, 5) is 30.9. The number of aliphatic hydroxyl groups is 1. The van der Waals surface area contributed by atoms with Gasteiger partial charge in [0.2, 0.25) is 6.33 Å². The summed E-state index contributed by atoms with van der Waals surface area (Å²) in [5, 5.41) is 11.2. The van der Waals surface area contributed by atoms with Crippen LogP contribution in [0, 0.1) is 0 Å². The van der Waals surface area contributed by atoms with Crippen LogP contribution in [0.25, 0.3) is 5.76 Å². The van der Waals surface area contributed by atoms with Crippen molar-refractivity contribution in [2.75, 3.05) is 20.3 Å². The van der Waals surface area contributed by atoms with Crippen molar-refractivity contribution >= 4 is 17.4 Å². The number of Topliss-reactive ketones (excluding diaryl/α,β-unsaturated/α-hetero) is 1. The van der Waals surface area contributed by atoms with Gasteiger partial charge in [-0.1, -0.05) is 19.1 Å². The van der Waals surface area contributed by atoms with Crippen molar-refractivity contribution < 1.29 is 28.7 Å². The number of nitrogens with zero attached hydrogens (tertiary/aromatic N) is 2. The number of hydrogen-bond donors (Lipinski definition) is 2. The summed E-state index contributed by atoms with van der Waals surface area (Å²) in [5.74, 6) is -0.247. The third-order valence-electron chi connectivity index (χ3n) is 5.97. The van der Waals surface area contributed by atoms with Gasteiger partial charge in [0.1, 0.15) is 29.7 Å². The first-order chi connectivity index (χ1) is 17.0. The second-order valence-corrected chi connectivity index (χ2v) is 8.34. The molecule has 0 aliphatic carbocycles. The van der Waals surface area contributed by atoms with Gasteiger partial charge in [-0.15, -0.1) is 0 Å². The summed E-state index contributed by atoms with van der Waals surface area (Å²) in [5.41, 5.74) is 1.22. The lowest BCUT2D eigenvalue weighted by Gasteiger charge is -2.25. The number of aromatic amines is 1. The third-order valence-corrected chi connectivity index (χ3v) is 5.97. The average Bonchev–Trinajstić information content (AvgIpc) is 3.49. The zero-order valence-electron chi connectivity index (χ0n) is 19.9. The molecular weight excluding hydrogens is 446 g/mol. The number of rotatable bonds is 10. The number of likely N-dealkylation sites (tertiary alicyclic amines) is 1. The van der Waals surface area contributed by atoms with Crippen molar-refractivity contribution in [2.24, 2.45) is 0 Å². The fourth-order valence-electron chi connectivity index (χ4n) is 4.24. The molecule has 2 N–H and O–H groups in total. The molecule has 0 bridgehead atoms. The number of imidazole rings is 1. The number of nitrogens with one attached hydrogen (secondary N) is 1. The molecule has 8 heteroatoms. The summed E-state index contributed by atoms with van der Waals surface area (Å²) in [6.45, 7) is 3.61. The Kier molecular flexibility index (Phi) is 7.50. The largest absolute Gasteiger partial charge is 0.507 e. The molecule has 1 aliphatic rings. The molecule has 1 fully saturated rings. The Morgan fingerprint density at radius 1 is 1.14 bits per heavy atom. The molecule has 0 saturated carbocycles. The number of aliphatic hydroxyl groups excluding tert-OH is 1. The van der Waals surface area contributed by atoms with Crippen molar-refractivity contribution in [2.45, 2.75) is 32.4 Å². The fourth-order valence-corrected chi connectivity index (χ4v) is 4.24. The van der Waals surface area contributed by atoms with E-state index in [1.807, 2.05) is 54.5 Å². The first kappa shape index (κ1) is 24.1. The van der Waals surface area contributed by atoms with Crippen molar-refractivity contribution in [3.63, 3.8) is 0 Å². The normalized spacial score (nSPS) is 17.1. The maximum Gasteiger partial charge on any atom is 0.295 e. The summed E-state index contributed by atoms with van der Waals surface area (Å²) in [7, 11) is 1.56. The van der Waals surface area contributed by atoms with Gasteiger partial charge in [-0.05, 0) is 48.4 Å². The molecule has 1 aliphatic heterocycles. The van der Waals surface area contributed by atoms with Gasteiger partial charge >= 0.3 is 0 Å². The van der Waals surface area contributed by atoms with E-state index in [-0.39, 0.29) is 11.3 Å². The van der Waals surface area contributed by atoms with E-state index in [2.05, 4.69) is 4.98 Å². The SMILES string of the molecule is CCCOc1cccc(C2C(=C(O)c3ccc(OC)cc3)C(=O)C(=O)N2CCC[n+]2cc[nH]c2)c1. The lowest BCUT2D eigenvalue weighted by Crippen LogP contribution is -2.36. The lowest BCUT2D eigenvalue weighted by atomic mass is 9.95. The van der Waals surface area contributed by atoms with Crippen molar-refractivity contribution in [3.05, 3.63) is 84.0 Å². The Morgan fingerprint density at radius 2 is 1.94 bits per heavy atom. The van der Waals surface area contributed by atoms with E-state index < -0.39 is 17.7 Å². The Balaban J connectivity index is 1.72. The van der Waals surface area contributed by atoms with Crippen LogP contribution in [0.4, 0.5) is 0 Å². The molecule has 35 heavy (non-hydrogen) atoms. The molecule has 1 unspecified atom stereocenters. The Bertz CT molecular complexity index is 1200. The molecule has 182 valence electrons. The summed E-state index contributed by atoms with van der Waals surface area (Å²) in [6, 6.07) is 13.4. The highest BCUT2D eigenvalue weighted by Gasteiger charge is 2.46. The van der Waals surface area contributed by atoms with E-state index in [1.54, 1.807) is 36.3 Å². The minimum absolute atomic E-state index is 0.0714. The van der Waals surface area contributed by atoms with Crippen LogP contribution in [-0.4, -0.2) is 46.9 Å². The molecule has 0 radical (unpaired) electrons. The Morgan fingerprint density at radius 3 is 2.63 bits per heavy atom. The summed E-state index contributed by atoms with van der Waals surface area (Å²) < 4.78 is 13.0. The Labute approximate surface area is 204 Å². The predicted octanol–water partition coefficient (Wildman–Crippen LogP) is 3.61. The molecule has 8 nitrogen and oxygen atoms in total. The molecule has 0 spiro atoms. The first-order valence-electron chi connectivity index (χ1n) is 11.7. The van der Waals surface area contributed by atoms with E-state index in [0.29, 0.717) is 48.7 Å². The summed E-state index contributed by atoms with van der Waals surface area (Å²) >= 11 is 0. The number of ether oxygens (including phenoxy) is 2. The molecular formula is C27H30N3O5+. The van der Waals surface area contributed by atoms with Gasteiger partial charge in [-0.2, -0.15) is 0 Å². The smallest absolute Gasteiger partial charge is 0.295 e. The van der Waals surface area contributed by atoms with Crippen LogP contribution in [0.15, 0.2) is 72.8 Å². The van der Waals surface area contributed by atoms with Crippen LogP contribution in [0.1, 0.15) is 36.9 Å². The molecule has 3 aromatic rings. The zero-order valence-corrected chi connectivity index (χ0v) is 19.9. The standard InChI is InChI=1S/C27H29N3O5/c1-3-16-35-22-7-4-6-20(17-22)24-23(25(31)19-8-10-21(34-2)11-9-19)26(32)27(33)30(24)14-5-13-29-15-12-28-18-29/h4,6-12,15,17-18,24H,3,5,13-14,16H2,1-2H3,(H,31,32)/p+1. The number of carbonyl (C=O) groups is 2. The van der Waals surface area contributed by atoms with Crippen LogP contribution in [0.5, 0.6) is 11.5 Å².